The summed E-state index contributed by atoms with van der Waals surface area (Å²) >= 11 is 0. The smallest absolute Gasteiger partial charge is 0.326 e. The summed E-state index contributed by atoms with van der Waals surface area (Å²) in [4.78, 5) is 25.1. The summed E-state index contributed by atoms with van der Waals surface area (Å²) in [6, 6.07) is -1.06. The molecule has 2 aliphatic rings. The van der Waals surface area contributed by atoms with Crippen molar-refractivity contribution in [1.82, 2.24) is 10.2 Å². The van der Waals surface area contributed by atoms with Gasteiger partial charge in [-0.3, -0.25) is 0 Å². The predicted molar refractivity (Wildman–Crippen MR) is 73.6 cm³/mol. The molecule has 0 bridgehead atoms. The van der Waals surface area contributed by atoms with E-state index in [0.717, 1.165) is 38.7 Å². The van der Waals surface area contributed by atoms with Crippen LogP contribution < -0.4 is 5.32 Å². The first-order valence-corrected chi connectivity index (χ1v) is 7.51. The van der Waals surface area contributed by atoms with Crippen molar-refractivity contribution in [3.63, 3.8) is 0 Å². The third kappa shape index (κ3) is 3.62. The zero-order chi connectivity index (χ0) is 14.5. The molecule has 2 saturated heterocycles. The lowest BCUT2D eigenvalue weighted by atomic mass is 10.1. The number of carbonyl (C=O) groups is 2. The maximum atomic E-state index is 12.3. The van der Waals surface area contributed by atoms with Gasteiger partial charge in [-0.05, 0) is 32.6 Å². The minimum Gasteiger partial charge on any atom is -0.480 e. The van der Waals surface area contributed by atoms with E-state index < -0.39 is 12.0 Å². The SMILES string of the molecule is CC(NC(=O)N1CCCCCC1C(=O)O)C1CCCO1. The first kappa shape index (κ1) is 15.1. The molecular formula is C14H24N2O4. The number of hydrogen-bond acceptors (Lipinski definition) is 3. The number of carboxylic acid groups (broad SMARTS) is 1. The van der Waals surface area contributed by atoms with Crippen molar-refractivity contribution >= 4 is 12.0 Å². The van der Waals surface area contributed by atoms with Crippen LogP contribution in [0.2, 0.25) is 0 Å². The second-order valence-corrected chi connectivity index (χ2v) is 5.69. The number of likely N-dealkylation sites (tertiary alicyclic amines) is 1. The number of carbonyl (C=O) groups excluding carboxylic acids is 1. The molecule has 0 radical (unpaired) electrons. The zero-order valence-corrected chi connectivity index (χ0v) is 12.0. The largest absolute Gasteiger partial charge is 0.480 e. The van der Waals surface area contributed by atoms with E-state index in [1.54, 1.807) is 0 Å². The molecule has 0 aromatic heterocycles. The Morgan fingerprint density at radius 3 is 2.70 bits per heavy atom. The molecule has 114 valence electrons. The van der Waals surface area contributed by atoms with E-state index in [1.165, 1.54) is 4.90 Å². The number of ether oxygens (including phenoxy) is 1. The molecule has 2 amide bonds. The molecule has 2 N–H and O–H groups in total. The third-order valence-corrected chi connectivity index (χ3v) is 4.17. The number of amides is 2. The van der Waals surface area contributed by atoms with Crippen molar-refractivity contribution in [2.75, 3.05) is 13.2 Å². The van der Waals surface area contributed by atoms with E-state index in [9.17, 15) is 14.7 Å². The average molecular weight is 284 g/mol. The molecule has 6 nitrogen and oxygen atoms in total. The maximum Gasteiger partial charge on any atom is 0.326 e. The highest BCUT2D eigenvalue weighted by Gasteiger charge is 2.32. The number of aliphatic carboxylic acids is 1. The second kappa shape index (κ2) is 6.92. The van der Waals surface area contributed by atoms with Gasteiger partial charge in [-0.15, -0.1) is 0 Å². The fourth-order valence-corrected chi connectivity index (χ4v) is 2.98. The first-order chi connectivity index (χ1) is 9.59. The summed E-state index contributed by atoms with van der Waals surface area (Å²) in [7, 11) is 0. The molecule has 6 heteroatoms. The van der Waals surface area contributed by atoms with Crippen molar-refractivity contribution < 1.29 is 19.4 Å². The Morgan fingerprint density at radius 2 is 2.05 bits per heavy atom. The van der Waals surface area contributed by atoms with Gasteiger partial charge in [0.05, 0.1) is 12.1 Å². The molecule has 3 atom stereocenters. The topological polar surface area (TPSA) is 78.9 Å². The fraction of sp³-hybridized carbons (Fsp3) is 0.857. The van der Waals surface area contributed by atoms with Crippen molar-refractivity contribution in [3.05, 3.63) is 0 Å². The Labute approximate surface area is 119 Å². The van der Waals surface area contributed by atoms with Crippen molar-refractivity contribution in [2.45, 2.75) is 63.6 Å². The van der Waals surface area contributed by atoms with Gasteiger partial charge >= 0.3 is 12.0 Å². The van der Waals surface area contributed by atoms with Crippen LogP contribution in [0.3, 0.4) is 0 Å². The minimum atomic E-state index is -0.910. The number of carboxylic acids is 1. The van der Waals surface area contributed by atoms with Crippen LogP contribution in [0.25, 0.3) is 0 Å². The molecule has 0 aromatic carbocycles. The van der Waals surface area contributed by atoms with E-state index in [2.05, 4.69) is 5.32 Å². The minimum absolute atomic E-state index is 0.0502. The highest BCUT2D eigenvalue weighted by Crippen LogP contribution is 2.19. The predicted octanol–water partition coefficient (Wildman–Crippen LogP) is 1.59. The number of hydrogen-bond donors (Lipinski definition) is 2. The Kier molecular flexibility index (Phi) is 5.23. The van der Waals surface area contributed by atoms with Crippen LogP contribution in [-0.2, 0) is 9.53 Å². The Bertz CT molecular complexity index is 355. The van der Waals surface area contributed by atoms with Crippen LogP contribution in [0, 0.1) is 0 Å². The second-order valence-electron chi connectivity index (χ2n) is 5.69. The maximum absolute atomic E-state index is 12.3. The summed E-state index contributed by atoms with van der Waals surface area (Å²) in [5, 5.41) is 12.2. The molecule has 2 heterocycles. The lowest BCUT2D eigenvalue weighted by molar-refractivity contribution is -0.142. The van der Waals surface area contributed by atoms with Gasteiger partial charge in [0.25, 0.3) is 0 Å². The molecule has 0 aromatic rings. The standard InChI is InChI=1S/C14H24N2O4/c1-10(12-7-5-9-20-12)15-14(19)16-8-4-2-3-6-11(16)13(17)18/h10-12H,2-9H2,1H3,(H,15,19)(H,17,18). The van der Waals surface area contributed by atoms with Crippen LogP contribution in [0.1, 0.15) is 45.4 Å². The van der Waals surface area contributed by atoms with E-state index in [4.69, 9.17) is 4.74 Å². The van der Waals surface area contributed by atoms with E-state index >= 15 is 0 Å². The summed E-state index contributed by atoms with van der Waals surface area (Å²) < 4.78 is 5.55. The lowest BCUT2D eigenvalue weighted by Crippen LogP contribution is -2.53. The van der Waals surface area contributed by atoms with Gasteiger partial charge in [0.1, 0.15) is 6.04 Å². The van der Waals surface area contributed by atoms with Crippen LogP contribution in [-0.4, -0.2) is 53.3 Å². The summed E-state index contributed by atoms with van der Waals surface area (Å²) in [6.07, 6.45) is 5.27. The molecule has 2 rings (SSSR count). The van der Waals surface area contributed by atoms with E-state index in [0.29, 0.717) is 13.0 Å². The summed E-state index contributed by atoms with van der Waals surface area (Å²) in [6.45, 7) is 3.18. The van der Waals surface area contributed by atoms with Crippen LogP contribution >= 0.6 is 0 Å². The van der Waals surface area contributed by atoms with Crippen LogP contribution in [0.4, 0.5) is 4.79 Å². The van der Waals surface area contributed by atoms with Crippen molar-refractivity contribution in [3.8, 4) is 0 Å². The molecule has 2 fully saturated rings. The summed E-state index contributed by atoms with van der Waals surface area (Å²) in [5.41, 5.74) is 0. The quantitative estimate of drug-likeness (QED) is 0.825. The first-order valence-electron chi connectivity index (χ1n) is 7.51. The monoisotopic (exact) mass is 284 g/mol. The highest BCUT2D eigenvalue weighted by molar-refractivity contribution is 5.82. The normalized spacial score (nSPS) is 28.8. The lowest BCUT2D eigenvalue weighted by Gasteiger charge is -2.30. The fourth-order valence-electron chi connectivity index (χ4n) is 2.98. The molecule has 0 spiro atoms. The van der Waals surface area contributed by atoms with Crippen molar-refractivity contribution in [1.29, 1.82) is 0 Å². The van der Waals surface area contributed by atoms with Gasteiger partial charge in [0, 0.05) is 13.2 Å². The van der Waals surface area contributed by atoms with E-state index in [-0.39, 0.29) is 18.2 Å². The molecule has 3 unspecified atom stereocenters. The highest BCUT2D eigenvalue weighted by atomic mass is 16.5. The van der Waals surface area contributed by atoms with Gasteiger partial charge in [0.15, 0.2) is 0 Å². The number of nitrogens with zero attached hydrogens (tertiary/aromatic N) is 1. The van der Waals surface area contributed by atoms with Crippen LogP contribution in [0.15, 0.2) is 0 Å². The van der Waals surface area contributed by atoms with Gasteiger partial charge in [-0.25, -0.2) is 9.59 Å². The molecule has 0 aliphatic carbocycles. The van der Waals surface area contributed by atoms with Gasteiger partial charge < -0.3 is 20.1 Å². The van der Waals surface area contributed by atoms with Gasteiger partial charge in [0.2, 0.25) is 0 Å². The van der Waals surface area contributed by atoms with Gasteiger partial charge in [-0.2, -0.15) is 0 Å². The third-order valence-electron chi connectivity index (χ3n) is 4.17. The number of nitrogens with one attached hydrogen (secondary N) is 1. The molecule has 0 saturated carbocycles. The Hall–Kier alpha value is -1.30. The Balaban J connectivity index is 1.95. The zero-order valence-electron chi connectivity index (χ0n) is 12.0. The van der Waals surface area contributed by atoms with Crippen molar-refractivity contribution in [2.24, 2.45) is 0 Å². The molecule has 2 aliphatic heterocycles. The van der Waals surface area contributed by atoms with Gasteiger partial charge in [-0.1, -0.05) is 12.8 Å². The average Bonchev–Trinajstić information content (AvgIpc) is 2.82. The molecule has 20 heavy (non-hydrogen) atoms. The molecular weight excluding hydrogens is 260 g/mol. The number of urea groups is 1. The number of rotatable bonds is 3. The Morgan fingerprint density at radius 1 is 1.25 bits per heavy atom. The van der Waals surface area contributed by atoms with Crippen LogP contribution in [0.5, 0.6) is 0 Å². The summed E-state index contributed by atoms with van der Waals surface area (Å²) in [5.74, 6) is -0.910. The van der Waals surface area contributed by atoms with E-state index in [1.807, 2.05) is 6.92 Å².